The molecule has 1 aliphatic heterocycles. The lowest BCUT2D eigenvalue weighted by molar-refractivity contribution is 0.0943. The highest BCUT2D eigenvalue weighted by atomic mass is 16.1. The van der Waals surface area contributed by atoms with E-state index in [0.29, 0.717) is 12.2 Å². The monoisotopic (exact) mass is 347 g/mol. The first-order valence-electron chi connectivity index (χ1n) is 9.30. The molecule has 134 valence electrons. The summed E-state index contributed by atoms with van der Waals surface area (Å²) in [4.78, 5) is 15.1. The van der Waals surface area contributed by atoms with E-state index in [0.717, 1.165) is 29.6 Å². The third kappa shape index (κ3) is 3.07. The molecule has 0 bridgehead atoms. The lowest BCUT2D eigenvalue weighted by Gasteiger charge is -2.18. The molecule has 0 aliphatic carbocycles. The van der Waals surface area contributed by atoms with E-state index in [2.05, 4.69) is 53.5 Å². The predicted octanol–water partition coefficient (Wildman–Crippen LogP) is 4.02. The van der Waals surface area contributed by atoms with Crippen LogP contribution in [0.2, 0.25) is 0 Å². The van der Waals surface area contributed by atoms with Crippen LogP contribution in [0.25, 0.3) is 10.9 Å². The van der Waals surface area contributed by atoms with Gasteiger partial charge >= 0.3 is 0 Å². The minimum atomic E-state index is -0.0327. The number of hydrogen-bond donors (Lipinski definition) is 1. The number of nitrogens with zero attached hydrogens (tertiary/aromatic N) is 2. The van der Waals surface area contributed by atoms with Gasteiger partial charge in [-0.1, -0.05) is 30.3 Å². The molecule has 2 heterocycles. The second-order valence-electron chi connectivity index (χ2n) is 7.15. The molecule has 3 aromatic rings. The molecular weight excluding hydrogens is 322 g/mol. The lowest BCUT2D eigenvalue weighted by Crippen LogP contribution is -2.25. The summed E-state index contributed by atoms with van der Waals surface area (Å²) < 4.78 is 1.99. The van der Waals surface area contributed by atoms with Gasteiger partial charge in [0.2, 0.25) is 0 Å². The average Bonchev–Trinajstić information content (AvgIpc) is 3.29. The van der Waals surface area contributed by atoms with Gasteiger partial charge in [0, 0.05) is 37.8 Å². The van der Waals surface area contributed by atoms with Crippen LogP contribution in [0.3, 0.4) is 0 Å². The van der Waals surface area contributed by atoms with Gasteiger partial charge in [0.15, 0.2) is 0 Å². The first kappa shape index (κ1) is 16.7. The predicted molar refractivity (Wildman–Crippen MR) is 107 cm³/mol. The summed E-state index contributed by atoms with van der Waals surface area (Å²) in [5.41, 5.74) is 5.40. The van der Waals surface area contributed by atoms with Crippen molar-refractivity contribution in [3.63, 3.8) is 0 Å². The fraction of sp³-hybridized carbons (Fsp3) is 0.318. The summed E-state index contributed by atoms with van der Waals surface area (Å²) in [5.74, 6) is -0.0327. The number of fused-ring (bicyclic) bond motifs is 1. The molecule has 0 saturated carbocycles. The molecule has 0 atom stereocenters. The Morgan fingerprint density at radius 3 is 2.62 bits per heavy atom. The Labute approximate surface area is 154 Å². The molecule has 0 spiro atoms. The Kier molecular flexibility index (Phi) is 4.41. The Bertz CT molecular complexity index is 951. The number of carbonyl (C=O) groups excluding carboxylic acids is 1. The zero-order chi connectivity index (χ0) is 18.1. The fourth-order valence-corrected chi connectivity index (χ4v) is 3.95. The number of rotatable bonds is 4. The number of aromatic nitrogens is 1. The van der Waals surface area contributed by atoms with Gasteiger partial charge in [0.1, 0.15) is 5.69 Å². The highest BCUT2D eigenvalue weighted by molar-refractivity contribution is 5.99. The quantitative estimate of drug-likeness (QED) is 0.774. The van der Waals surface area contributed by atoms with Crippen LogP contribution >= 0.6 is 0 Å². The molecule has 4 nitrogen and oxygen atoms in total. The Morgan fingerprint density at radius 2 is 1.85 bits per heavy atom. The van der Waals surface area contributed by atoms with Gasteiger partial charge in [-0.25, -0.2) is 0 Å². The third-order valence-corrected chi connectivity index (χ3v) is 5.33. The number of benzene rings is 2. The van der Waals surface area contributed by atoms with Crippen LogP contribution in [0, 0.1) is 6.92 Å². The molecule has 4 rings (SSSR count). The van der Waals surface area contributed by atoms with Gasteiger partial charge in [0.05, 0.1) is 5.52 Å². The van der Waals surface area contributed by atoms with Crippen molar-refractivity contribution < 1.29 is 4.79 Å². The maximum absolute atomic E-state index is 12.7. The van der Waals surface area contributed by atoms with Crippen molar-refractivity contribution in [1.29, 1.82) is 0 Å². The molecule has 0 radical (unpaired) electrons. The smallest absolute Gasteiger partial charge is 0.268 e. The van der Waals surface area contributed by atoms with Crippen LogP contribution in [0.15, 0.2) is 48.5 Å². The van der Waals surface area contributed by atoms with E-state index in [-0.39, 0.29) is 5.91 Å². The molecule has 1 aromatic heterocycles. The fourth-order valence-electron chi connectivity index (χ4n) is 3.95. The van der Waals surface area contributed by atoms with Crippen LogP contribution in [0.1, 0.15) is 34.5 Å². The first-order chi connectivity index (χ1) is 12.6. The van der Waals surface area contributed by atoms with Gasteiger partial charge in [0.25, 0.3) is 5.91 Å². The molecular formula is C22H25N3O. The zero-order valence-corrected chi connectivity index (χ0v) is 15.5. The largest absolute Gasteiger partial charge is 0.372 e. The van der Waals surface area contributed by atoms with Crippen molar-refractivity contribution >= 4 is 22.5 Å². The van der Waals surface area contributed by atoms with Gasteiger partial charge in [-0.05, 0) is 49.1 Å². The van der Waals surface area contributed by atoms with E-state index < -0.39 is 0 Å². The van der Waals surface area contributed by atoms with E-state index >= 15 is 0 Å². The Morgan fingerprint density at radius 1 is 1.08 bits per heavy atom. The zero-order valence-electron chi connectivity index (χ0n) is 15.5. The summed E-state index contributed by atoms with van der Waals surface area (Å²) in [6, 6.07) is 16.6. The normalized spacial score (nSPS) is 14.2. The number of aryl methyl sites for hydroxylation is 2. The maximum atomic E-state index is 12.7. The number of para-hydroxylation sites is 1. The van der Waals surface area contributed by atoms with Crippen LogP contribution in [0.5, 0.6) is 0 Å². The molecule has 1 saturated heterocycles. The standard InChI is InChI=1S/C22H25N3O/c1-16-7-5-9-18-14-20(24(2)21(16)18)22(26)23-15-17-8-6-10-19(13-17)25-11-3-4-12-25/h5-10,13-14H,3-4,11-12,15H2,1-2H3,(H,23,26). The van der Waals surface area contributed by atoms with Crippen LogP contribution < -0.4 is 10.2 Å². The van der Waals surface area contributed by atoms with Crippen LogP contribution in [0.4, 0.5) is 5.69 Å². The van der Waals surface area contributed by atoms with Crippen molar-refractivity contribution in [3.05, 3.63) is 65.4 Å². The number of nitrogens with one attached hydrogen (secondary N) is 1. The number of hydrogen-bond acceptors (Lipinski definition) is 2. The van der Waals surface area contributed by atoms with Crippen molar-refractivity contribution in [2.45, 2.75) is 26.3 Å². The van der Waals surface area contributed by atoms with Crippen molar-refractivity contribution in [3.8, 4) is 0 Å². The van der Waals surface area contributed by atoms with Gasteiger partial charge in [-0.2, -0.15) is 0 Å². The van der Waals surface area contributed by atoms with Crippen molar-refractivity contribution in [2.75, 3.05) is 18.0 Å². The minimum absolute atomic E-state index is 0.0327. The molecule has 4 heteroatoms. The topological polar surface area (TPSA) is 37.3 Å². The SMILES string of the molecule is Cc1cccc2cc(C(=O)NCc3cccc(N4CCCC4)c3)n(C)c12. The summed E-state index contributed by atoms with van der Waals surface area (Å²) in [6.07, 6.45) is 2.53. The summed E-state index contributed by atoms with van der Waals surface area (Å²) in [5, 5.41) is 4.18. The number of anilines is 1. The second-order valence-corrected chi connectivity index (χ2v) is 7.15. The Balaban J connectivity index is 1.50. The molecule has 1 fully saturated rings. The average molecular weight is 347 g/mol. The summed E-state index contributed by atoms with van der Waals surface area (Å²) in [7, 11) is 1.96. The summed E-state index contributed by atoms with van der Waals surface area (Å²) in [6.45, 7) is 4.88. The first-order valence-corrected chi connectivity index (χ1v) is 9.30. The highest BCUT2D eigenvalue weighted by Gasteiger charge is 2.15. The molecule has 1 amide bonds. The number of amides is 1. The molecule has 2 aromatic carbocycles. The maximum Gasteiger partial charge on any atom is 0.268 e. The molecule has 1 N–H and O–H groups in total. The highest BCUT2D eigenvalue weighted by Crippen LogP contribution is 2.23. The van der Waals surface area contributed by atoms with E-state index in [9.17, 15) is 4.79 Å². The summed E-state index contributed by atoms with van der Waals surface area (Å²) >= 11 is 0. The van der Waals surface area contributed by atoms with Gasteiger partial charge in [-0.15, -0.1) is 0 Å². The minimum Gasteiger partial charge on any atom is -0.372 e. The van der Waals surface area contributed by atoms with E-state index in [1.165, 1.54) is 24.1 Å². The van der Waals surface area contributed by atoms with Crippen LogP contribution in [-0.2, 0) is 13.6 Å². The van der Waals surface area contributed by atoms with Crippen molar-refractivity contribution in [2.24, 2.45) is 7.05 Å². The molecule has 26 heavy (non-hydrogen) atoms. The lowest BCUT2D eigenvalue weighted by atomic mass is 10.1. The van der Waals surface area contributed by atoms with Crippen molar-refractivity contribution in [1.82, 2.24) is 9.88 Å². The van der Waals surface area contributed by atoms with E-state index in [4.69, 9.17) is 0 Å². The van der Waals surface area contributed by atoms with E-state index in [1.54, 1.807) is 0 Å². The second kappa shape index (κ2) is 6.87. The number of carbonyl (C=O) groups is 1. The van der Waals surface area contributed by atoms with Gasteiger partial charge < -0.3 is 14.8 Å². The third-order valence-electron chi connectivity index (χ3n) is 5.33. The van der Waals surface area contributed by atoms with E-state index in [1.807, 2.05) is 23.7 Å². The molecule has 0 unspecified atom stereocenters. The van der Waals surface area contributed by atoms with Gasteiger partial charge in [-0.3, -0.25) is 4.79 Å². The van der Waals surface area contributed by atoms with Crippen LogP contribution in [-0.4, -0.2) is 23.6 Å². The Hall–Kier alpha value is -2.75. The molecule has 1 aliphatic rings.